The van der Waals surface area contributed by atoms with Gasteiger partial charge < -0.3 is 9.64 Å². The molecule has 0 aromatic heterocycles. The Balaban J connectivity index is 1.79. The van der Waals surface area contributed by atoms with Crippen molar-refractivity contribution in [2.45, 2.75) is 10.9 Å². The van der Waals surface area contributed by atoms with Gasteiger partial charge in [-0.1, -0.05) is 29.8 Å². The number of sulfone groups is 1. The van der Waals surface area contributed by atoms with Crippen molar-refractivity contribution in [3.63, 3.8) is 0 Å². The van der Waals surface area contributed by atoms with Crippen LogP contribution in [0.4, 0.5) is 5.69 Å². The molecule has 1 aliphatic rings. The number of nitrogens with zero attached hydrogens (tertiary/aromatic N) is 1. The third-order valence-electron chi connectivity index (χ3n) is 4.60. The van der Waals surface area contributed by atoms with E-state index >= 15 is 0 Å². The molecule has 32 heavy (non-hydrogen) atoms. The number of benzene rings is 2. The van der Waals surface area contributed by atoms with Gasteiger partial charge in [-0.25, -0.2) is 26.4 Å². The molecule has 0 saturated heterocycles. The van der Waals surface area contributed by atoms with Gasteiger partial charge in [0, 0.05) is 11.1 Å². The number of rotatable bonds is 7. The molecule has 1 aliphatic heterocycles. The van der Waals surface area contributed by atoms with E-state index in [0.717, 1.165) is 11.5 Å². The minimum Gasteiger partial charge on any atom is -0.452 e. The first-order valence-electron chi connectivity index (χ1n) is 9.22. The van der Waals surface area contributed by atoms with Crippen LogP contribution >= 0.6 is 11.6 Å². The van der Waals surface area contributed by atoms with Crippen molar-refractivity contribution < 1.29 is 31.2 Å². The summed E-state index contributed by atoms with van der Waals surface area (Å²) in [6, 6.07) is 11.2. The van der Waals surface area contributed by atoms with Gasteiger partial charge in [-0.3, -0.25) is 4.79 Å². The zero-order chi connectivity index (χ0) is 23.5. The number of halogens is 1. The number of carbonyl (C=O) groups is 2. The van der Waals surface area contributed by atoms with E-state index in [2.05, 4.69) is 4.72 Å². The maximum atomic E-state index is 12.9. The Morgan fingerprint density at radius 3 is 2.47 bits per heavy atom. The summed E-state index contributed by atoms with van der Waals surface area (Å²) in [5, 5.41) is 0.959. The monoisotopic (exact) mass is 498 g/mol. The highest BCUT2D eigenvalue weighted by molar-refractivity contribution is 7.94. The van der Waals surface area contributed by atoms with E-state index in [9.17, 15) is 26.4 Å². The van der Waals surface area contributed by atoms with Gasteiger partial charge in [-0.2, -0.15) is 0 Å². The van der Waals surface area contributed by atoms with E-state index in [-0.39, 0.29) is 21.2 Å². The number of amides is 1. The number of sulfonamides is 1. The number of nitrogens with one attached hydrogen (secondary N) is 1. The quantitative estimate of drug-likeness (QED) is 0.576. The van der Waals surface area contributed by atoms with E-state index < -0.39 is 44.4 Å². The summed E-state index contributed by atoms with van der Waals surface area (Å²) < 4.78 is 55.0. The molecule has 1 atom stereocenters. The average Bonchev–Trinajstić information content (AvgIpc) is 3.12. The van der Waals surface area contributed by atoms with Crippen LogP contribution in [-0.2, 0) is 29.4 Å². The van der Waals surface area contributed by atoms with Gasteiger partial charge in [0.25, 0.3) is 5.91 Å². The Bertz CT molecular complexity index is 1280. The molecular formula is C20H19ClN2O7S2. The van der Waals surface area contributed by atoms with Crippen molar-refractivity contribution >= 4 is 49.0 Å². The fraction of sp³-hybridized carbons (Fsp3) is 0.200. The lowest BCUT2D eigenvalue weighted by molar-refractivity contribution is -0.121. The molecule has 0 radical (unpaired) electrons. The molecule has 2 aromatic carbocycles. The van der Waals surface area contributed by atoms with Crippen LogP contribution < -0.4 is 9.62 Å². The highest BCUT2D eigenvalue weighted by Gasteiger charge is 2.32. The summed E-state index contributed by atoms with van der Waals surface area (Å²) in [4.78, 5) is 26.3. The van der Waals surface area contributed by atoms with Crippen LogP contribution in [0.3, 0.4) is 0 Å². The molecular weight excluding hydrogens is 480 g/mol. The maximum Gasteiger partial charge on any atom is 0.338 e. The fourth-order valence-electron chi connectivity index (χ4n) is 3.06. The number of hydrogen-bond donors (Lipinski definition) is 1. The molecule has 0 fully saturated rings. The SMILES string of the molecule is CNS(=O)(=O)c1cc(C(=O)OCC(=O)N(c2ccccc2)C2C=CS(=O)(=O)C2)ccc1Cl. The number of hydrogen-bond acceptors (Lipinski definition) is 7. The van der Waals surface area contributed by atoms with Crippen molar-refractivity contribution in [2.75, 3.05) is 24.3 Å². The molecule has 0 aliphatic carbocycles. The van der Waals surface area contributed by atoms with Crippen LogP contribution in [-0.4, -0.2) is 54.2 Å². The maximum absolute atomic E-state index is 12.9. The molecule has 1 heterocycles. The number of para-hydroxylation sites is 1. The van der Waals surface area contributed by atoms with E-state index in [0.29, 0.717) is 5.69 Å². The van der Waals surface area contributed by atoms with Crippen LogP contribution in [0.1, 0.15) is 10.4 Å². The predicted molar refractivity (Wildman–Crippen MR) is 119 cm³/mol. The van der Waals surface area contributed by atoms with Gasteiger partial charge in [0.1, 0.15) is 4.90 Å². The number of anilines is 1. The van der Waals surface area contributed by atoms with Gasteiger partial charge in [0.2, 0.25) is 10.0 Å². The first-order valence-corrected chi connectivity index (χ1v) is 12.8. The molecule has 3 rings (SSSR count). The minimum atomic E-state index is -3.92. The highest BCUT2D eigenvalue weighted by Crippen LogP contribution is 2.24. The van der Waals surface area contributed by atoms with Crippen molar-refractivity contribution in [3.8, 4) is 0 Å². The third kappa shape index (κ3) is 5.36. The van der Waals surface area contributed by atoms with Crippen LogP contribution in [0.5, 0.6) is 0 Å². The third-order valence-corrected chi connectivity index (χ3v) is 7.87. The average molecular weight is 499 g/mol. The molecule has 12 heteroatoms. The molecule has 1 N–H and O–H groups in total. The zero-order valence-corrected chi connectivity index (χ0v) is 19.2. The van der Waals surface area contributed by atoms with E-state index in [1.807, 2.05) is 0 Å². The Kier molecular flexibility index (Phi) is 7.03. The van der Waals surface area contributed by atoms with Gasteiger partial charge in [-0.15, -0.1) is 0 Å². The molecule has 1 amide bonds. The molecule has 0 saturated carbocycles. The summed E-state index contributed by atoms with van der Waals surface area (Å²) in [7, 11) is -6.16. The summed E-state index contributed by atoms with van der Waals surface area (Å²) in [5.74, 6) is -1.87. The van der Waals surface area contributed by atoms with Gasteiger partial charge in [0.05, 0.1) is 22.4 Å². The smallest absolute Gasteiger partial charge is 0.338 e. The lowest BCUT2D eigenvalue weighted by Crippen LogP contribution is -2.43. The van der Waals surface area contributed by atoms with Gasteiger partial charge >= 0.3 is 5.97 Å². The normalized spacial score (nSPS) is 17.1. The lowest BCUT2D eigenvalue weighted by Gasteiger charge is -2.27. The first-order chi connectivity index (χ1) is 15.0. The second kappa shape index (κ2) is 9.41. The lowest BCUT2D eigenvalue weighted by atomic mass is 10.2. The predicted octanol–water partition coefficient (Wildman–Crippen LogP) is 1.75. The largest absolute Gasteiger partial charge is 0.452 e. The van der Waals surface area contributed by atoms with E-state index in [1.54, 1.807) is 30.3 Å². The van der Waals surface area contributed by atoms with E-state index in [1.165, 1.54) is 30.2 Å². The van der Waals surface area contributed by atoms with Crippen LogP contribution in [0, 0.1) is 0 Å². The molecule has 0 bridgehead atoms. The van der Waals surface area contributed by atoms with Crippen LogP contribution in [0.2, 0.25) is 5.02 Å². The zero-order valence-electron chi connectivity index (χ0n) is 16.8. The number of ether oxygens (including phenoxy) is 1. The molecule has 1 unspecified atom stereocenters. The molecule has 9 nitrogen and oxygen atoms in total. The second-order valence-corrected chi connectivity index (χ2v) is 10.9. The Morgan fingerprint density at radius 2 is 1.88 bits per heavy atom. The topological polar surface area (TPSA) is 127 Å². The van der Waals surface area contributed by atoms with Crippen molar-refractivity contribution in [1.29, 1.82) is 0 Å². The Hall–Kier alpha value is -2.73. The van der Waals surface area contributed by atoms with Crippen molar-refractivity contribution in [1.82, 2.24) is 4.72 Å². The summed E-state index contributed by atoms with van der Waals surface area (Å²) in [6.45, 7) is -0.686. The summed E-state index contributed by atoms with van der Waals surface area (Å²) in [5.41, 5.74) is 0.319. The minimum absolute atomic E-state index is 0.0866. The standard InChI is InChI=1S/C20H19ClN2O7S2/c1-22-32(28,29)18-11-14(7-8-17(18)21)20(25)30-12-19(24)23(15-5-3-2-4-6-15)16-9-10-31(26,27)13-16/h2-11,16,22H,12-13H2,1H3. The number of esters is 1. The van der Waals surface area contributed by atoms with Gasteiger partial charge in [0.15, 0.2) is 16.4 Å². The Labute approximate surface area is 190 Å². The molecule has 0 spiro atoms. The van der Waals surface area contributed by atoms with Gasteiger partial charge in [-0.05, 0) is 43.5 Å². The molecule has 170 valence electrons. The van der Waals surface area contributed by atoms with Crippen LogP contribution in [0.25, 0.3) is 0 Å². The Morgan fingerprint density at radius 1 is 1.19 bits per heavy atom. The number of carbonyl (C=O) groups excluding carboxylic acids is 2. The first kappa shape index (κ1) is 23.9. The second-order valence-electron chi connectivity index (χ2n) is 6.75. The van der Waals surface area contributed by atoms with E-state index in [4.69, 9.17) is 16.3 Å². The fourth-order valence-corrected chi connectivity index (χ4v) is 5.57. The molecule has 2 aromatic rings. The van der Waals surface area contributed by atoms with Crippen molar-refractivity contribution in [2.24, 2.45) is 0 Å². The summed E-state index contributed by atoms with van der Waals surface area (Å²) >= 11 is 5.91. The summed E-state index contributed by atoms with van der Waals surface area (Å²) in [6.07, 6.45) is 1.40. The highest BCUT2D eigenvalue weighted by atomic mass is 35.5. The van der Waals surface area contributed by atoms with Crippen LogP contribution in [0.15, 0.2) is 64.9 Å². The van der Waals surface area contributed by atoms with Crippen molar-refractivity contribution in [3.05, 3.63) is 70.6 Å².